The summed E-state index contributed by atoms with van der Waals surface area (Å²) >= 11 is 1.62. The molecule has 9 nitrogen and oxygen atoms in total. The van der Waals surface area contributed by atoms with Crippen molar-refractivity contribution in [2.45, 2.75) is 12.5 Å². The Kier molecular flexibility index (Phi) is 5.57. The summed E-state index contributed by atoms with van der Waals surface area (Å²) in [5.41, 5.74) is 8.47. The molecule has 0 spiro atoms. The highest BCUT2D eigenvalue weighted by molar-refractivity contribution is 7.08. The van der Waals surface area contributed by atoms with Gasteiger partial charge < -0.3 is 16.0 Å². The molecule has 1 fully saturated rings. The first-order valence-electron chi connectivity index (χ1n) is 13.3. The van der Waals surface area contributed by atoms with Crippen molar-refractivity contribution in [2.75, 3.05) is 10.6 Å². The van der Waals surface area contributed by atoms with Crippen LogP contribution in [0.5, 0.6) is 0 Å². The van der Waals surface area contributed by atoms with Gasteiger partial charge in [-0.15, -0.1) is 0 Å². The molecule has 1 unspecified atom stereocenters. The molecule has 0 saturated carbocycles. The summed E-state index contributed by atoms with van der Waals surface area (Å²) in [4.78, 5) is 25.9. The topological polar surface area (TPSA) is 130 Å². The Morgan fingerprint density at radius 2 is 1.95 bits per heavy atom. The van der Waals surface area contributed by atoms with Crippen molar-refractivity contribution >= 4 is 45.3 Å². The molecule has 1 amide bonds. The molecular weight excluding hydrogens is 551 g/mol. The fourth-order valence-corrected chi connectivity index (χ4v) is 6.07. The number of hydrogen-bond donors (Lipinski definition) is 4. The number of benzene rings is 1. The number of carbonyl (C=O) groups is 1. The maximum atomic E-state index is 16.3. The summed E-state index contributed by atoms with van der Waals surface area (Å²) in [6, 6.07) is 15.1. The van der Waals surface area contributed by atoms with Crippen LogP contribution in [0.4, 0.5) is 15.8 Å². The number of nitrogens with one attached hydrogen (secondary N) is 4. The van der Waals surface area contributed by atoms with E-state index in [1.165, 1.54) is 12.4 Å². The number of aromatic amines is 1. The average Bonchev–Trinajstić information content (AvgIpc) is 3.40. The lowest BCUT2D eigenvalue weighted by atomic mass is 9.98. The zero-order valence-corrected chi connectivity index (χ0v) is 22.7. The number of anilines is 2. The van der Waals surface area contributed by atoms with E-state index in [-0.39, 0.29) is 35.0 Å². The lowest BCUT2D eigenvalue weighted by Gasteiger charge is -2.18. The largest absolute Gasteiger partial charge is 0.372 e. The van der Waals surface area contributed by atoms with Crippen LogP contribution in [-0.2, 0) is 11.2 Å². The third kappa shape index (κ3) is 4.10. The van der Waals surface area contributed by atoms with Gasteiger partial charge in [-0.05, 0) is 29.1 Å². The van der Waals surface area contributed by atoms with Crippen molar-refractivity contribution in [1.82, 2.24) is 30.5 Å². The second kappa shape index (κ2) is 9.60. The van der Waals surface area contributed by atoms with Crippen molar-refractivity contribution in [3.8, 4) is 22.4 Å². The highest BCUT2D eigenvalue weighted by Crippen LogP contribution is 2.50. The average molecular weight is 573 g/mol. The summed E-state index contributed by atoms with van der Waals surface area (Å²) in [6.45, 7) is 0. The van der Waals surface area contributed by atoms with Gasteiger partial charge in [0.25, 0.3) is 0 Å². The maximum Gasteiger partial charge on any atom is 0.228 e. The number of pyridine rings is 3. The van der Waals surface area contributed by atoms with E-state index >= 15 is 4.39 Å². The van der Waals surface area contributed by atoms with Gasteiger partial charge in [0, 0.05) is 51.9 Å². The smallest absolute Gasteiger partial charge is 0.228 e. The van der Waals surface area contributed by atoms with Crippen molar-refractivity contribution in [3.63, 3.8) is 0 Å². The van der Waals surface area contributed by atoms with Crippen LogP contribution in [0.25, 0.3) is 39.1 Å². The van der Waals surface area contributed by atoms with E-state index in [1.54, 1.807) is 29.8 Å². The number of H-pyrrole nitrogens is 1. The molecule has 5 aromatic heterocycles. The van der Waals surface area contributed by atoms with Gasteiger partial charge in [0.1, 0.15) is 5.82 Å². The minimum atomic E-state index is -0.482. The number of hydrogen-bond acceptors (Lipinski definition) is 8. The van der Waals surface area contributed by atoms with Crippen LogP contribution in [-0.4, -0.2) is 31.1 Å². The number of rotatable bonds is 6. The number of thiophene rings is 1. The van der Waals surface area contributed by atoms with E-state index in [1.807, 2.05) is 41.8 Å². The first-order chi connectivity index (χ1) is 20.6. The summed E-state index contributed by atoms with van der Waals surface area (Å²) in [5, 5.41) is 21.4. The molecule has 0 aliphatic carbocycles. The number of halogens is 1. The van der Waals surface area contributed by atoms with Crippen molar-refractivity contribution in [2.24, 2.45) is 0 Å². The second-order valence-electron chi connectivity index (χ2n) is 10.1. The normalized spacial score (nSPS) is 15.0. The van der Waals surface area contributed by atoms with Crippen molar-refractivity contribution in [3.05, 3.63) is 112 Å². The van der Waals surface area contributed by atoms with Gasteiger partial charge in [-0.25, -0.2) is 9.37 Å². The fourth-order valence-electron chi connectivity index (χ4n) is 5.42. The number of nitrogens with zero attached hydrogens (tertiary/aromatic N) is 4. The molecule has 0 bridgehead atoms. The highest BCUT2D eigenvalue weighted by Gasteiger charge is 2.43. The summed E-state index contributed by atoms with van der Waals surface area (Å²) in [5.74, 6) is -0.669. The zero-order valence-electron chi connectivity index (χ0n) is 21.9. The molecule has 2 aliphatic heterocycles. The third-order valence-electron chi connectivity index (χ3n) is 7.42. The first-order valence-corrected chi connectivity index (χ1v) is 14.2. The van der Waals surface area contributed by atoms with Crippen LogP contribution < -0.4 is 16.0 Å². The third-order valence-corrected chi connectivity index (χ3v) is 8.10. The Morgan fingerprint density at radius 3 is 2.81 bits per heavy atom. The van der Waals surface area contributed by atoms with Crippen LogP contribution in [0.2, 0.25) is 0 Å². The van der Waals surface area contributed by atoms with E-state index in [9.17, 15) is 4.79 Å². The zero-order chi connectivity index (χ0) is 28.2. The van der Waals surface area contributed by atoms with Crippen molar-refractivity contribution in [1.29, 1.82) is 0 Å². The monoisotopic (exact) mass is 572 g/mol. The predicted octanol–water partition coefficient (Wildman–Crippen LogP) is 5.90. The van der Waals surface area contributed by atoms with Gasteiger partial charge in [-0.3, -0.25) is 19.9 Å². The minimum Gasteiger partial charge on any atom is -0.372 e. The molecule has 1 saturated heterocycles. The molecule has 1 aromatic carbocycles. The number of amides is 1. The van der Waals surface area contributed by atoms with Crippen LogP contribution in [0.3, 0.4) is 0 Å². The van der Waals surface area contributed by atoms with Crippen LogP contribution in [0.1, 0.15) is 22.9 Å². The van der Waals surface area contributed by atoms with Crippen LogP contribution in [0, 0.1) is 5.82 Å². The molecule has 0 radical (unpaired) electrons. The fraction of sp³-hybridized carbons (Fsp3) is 0.0645. The predicted molar refractivity (Wildman–Crippen MR) is 160 cm³/mol. The van der Waals surface area contributed by atoms with E-state index < -0.39 is 5.82 Å². The highest BCUT2D eigenvalue weighted by atomic mass is 32.1. The summed E-state index contributed by atoms with van der Waals surface area (Å²) in [6.07, 6.45) is 6.51. The Hall–Kier alpha value is -5.42. The summed E-state index contributed by atoms with van der Waals surface area (Å²) < 4.78 is 16.3. The Labute approximate surface area is 242 Å². The van der Waals surface area contributed by atoms with Gasteiger partial charge in [0.2, 0.25) is 5.91 Å². The van der Waals surface area contributed by atoms with Crippen molar-refractivity contribution < 1.29 is 9.18 Å². The Morgan fingerprint density at radius 1 is 1.05 bits per heavy atom. The minimum absolute atomic E-state index is 0.0298. The molecule has 1 atom stereocenters. The van der Waals surface area contributed by atoms with E-state index in [0.717, 1.165) is 39.5 Å². The molecule has 11 heteroatoms. The number of carbonyl (C=O) groups excluding carboxylic acids is 1. The molecular formula is C31H21FN8OS. The maximum absolute atomic E-state index is 16.3. The molecule has 42 heavy (non-hydrogen) atoms. The van der Waals surface area contributed by atoms with E-state index in [0.29, 0.717) is 16.9 Å². The van der Waals surface area contributed by atoms with E-state index in [4.69, 9.17) is 0 Å². The lowest BCUT2D eigenvalue weighted by Crippen LogP contribution is -2.14. The van der Waals surface area contributed by atoms with E-state index in [2.05, 4.69) is 52.5 Å². The van der Waals surface area contributed by atoms with Gasteiger partial charge in [-0.1, -0.05) is 30.3 Å². The van der Waals surface area contributed by atoms with Gasteiger partial charge in [-0.2, -0.15) is 16.4 Å². The molecule has 204 valence electrons. The van der Waals surface area contributed by atoms with Gasteiger partial charge >= 0.3 is 0 Å². The van der Waals surface area contributed by atoms with Crippen LogP contribution in [0.15, 0.2) is 89.8 Å². The second-order valence-corrected chi connectivity index (χ2v) is 10.9. The van der Waals surface area contributed by atoms with Gasteiger partial charge in [0.05, 0.1) is 52.5 Å². The molecule has 8 rings (SSSR count). The standard InChI is InChI=1S/C31H21FN8OS/c32-25-20(18-11-19(13-33-12-18)36-22(41)10-16-4-2-1-3-5-16)14-35-31-24(25)28(39-40-31)30-29-27(38-29)23-21(37-30)6-8-34-26(23)17-7-9-42-15-17/h1-9,11-15,27,37-38H,10H2,(H,36,41)(H,35,39,40). The Balaban J connectivity index is 1.13. The summed E-state index contributed by atoms with van der Waals surface area (Å²) in [7, 11) is 0. The van der Waals surface area contributed by atoms with Gasteiger partial charge in [0.15, 0.2) is 5.65 Å². The lowest BCUT2D eigenvalue weighted by molar-refractivity contribution is -0.115. The number of fused-ring (bicyclic) bond motifs is 4. The SMILES string of the molecule is O=C(Cc1ccccc1)Nc1cncc(-c2cnc3n[nH]c(C4=C5NC5c5c(ccnc5-c5ccsc5)N4)c3c2F)c1. The molecule has 2 aliphatic rings. The quantitative estimate of drug-likeness (QED) is 0.183. The molecule has 4 N–H and O–H groups in total. The first kappa shape index (κ1) is 24.4. The van der Waals surface area contributed by atoms with Crippen LogP contribution >= 0.6 is 11.3 Å². The number of aromatic nitrogens is 5. The molecule has 7 heterocycles. The Bertz CT molecular complexity index is 2040. The molecule has 6 aromatic rings.